The molecule has 2 aliphatic rings. The van der Waals surface area contributed by atoms with Crippen molar-refractivity contribution in [2.45, 2.75) is 64.8 Å². The molecule has 0 atom stereocenters. The highest BCUT2D eigenvalue weighted by Crippen LogP contribution is 2.36. The Balaban J connectivity index is 1.80. The first-order valence-electron chi connectivity index (χ1n) is 7.27. The highest BCUT2D eigenvalue weighted by molar-refractivity contribution is 6.62. The zero-order chi connectivity index (χ0) is 14.5. The molecule has 1 aliphatic heterocycles. The molecule has 0 spiro atoms. The number of aryl methyl sites for hydroxylation is 1. The summed E-state index contributed by atoms with van der Waals surface area (Å²) in [6.07, 6.45) is 4.46. The van der Waals surface area contributed by atoms with Crippen LogP contribution in [-0.2, 0) is 9.31 Å². The van der Waals surface area contributed by atoms with Gasteiger partial charge in [-0.2, -0.15) is 0 Å². The summed E-state index contributed by atoms with van der Waals surface area (Å²) in [4.78, 5) is 4.38. The SMILES string of the molecule is Cc1cc(OC2CC2)ncc1B1OC(C)(C)C(C)(C)O1. The summed E-state index contributed by atoms with van der Waals surface area (Å²) in [5, 5.41) is 0. The molecule has 108 valence electrons. The molecule has 3 rings (SSSR count). The van der Waals surface area contributed by atoms with Crippen LogP contribution in [0, 0.1) is 6.92 Å². The summed E-state index contributed by atoms with van der Waals surface area (Å²) in [5.74, 6) is 0.699. The van der Waals surface area contributed by atoms with Crippen molar-refractivity contribution >= 4 is 12.6 Å². The van der Waals surface area contributed by atoms with Crippen molar-refractivity contribution in [1.29, 1.82) is 0 Å². The lowest BCUT2D eigenvalue weighted by molar-refractivity contribution is 0.00578. The van der Waals surface area contributed by atoms with E-state index in [4.69, 9.17) is 14.0 Å². The van der Waals surface area contributed by atoms with E-state index in [1.165, 1.54) is 0 Å². The van der Waals surface area contributed by atoms with Gasteiger partial charge in [0.15, 0.2) is 0 Å². The van der Waals surface area contributed by atoms with Crippen LogP contribution in [0.25, 0.3) is 0 Å². The minimum Gasteiger partial charge on any atom is -0.474 e. The normalized spacial score (nSPS) is 23.9. The van der Waals surface area contributed by atoms with E-state index < -0.39 is 0 Å². The zero-order valence-corrected chi connectivity index (χ0v) is 12.9. The molecule has 4 nitrogen and oxygen atoms in total. The van der Waals surface area contributed by atoms with Gasteiger partial charge < -0.3 is 14.0 Å². The van der Waals surface area contributed by atoms with Crippen LogP contribution in [0.2, 0.25) is 0 Å². The maximum atomic E-state index is 6.06. The van der Waals surface area contributed by atoms with Gasteiger partial charge in [0, 0.05) is 17.7 Å². The Kier molecular flexibility index (Phi) is 3.10. The van der Waals surface area contributed by atoms with Gasteiger partial charge in [0.05, 0.1) is 11.2 Å². The number of rotatable bonds is 3. The average Bonchev–Trinajstić information content (AvgIpc) is 3.07. The molecule has 1 aliphatic carbocycles. The molecule has 0 unspecified atom stereocenters. The van der Waals surface area contributed by atoms with E-state index >= 15 is 0 Å². The van der Waals surface area contributed by atoms with Gasteiger partial charge in [0.25, 0.3) is 0 Å². The predicted octanol–water partition coefficient (Wildman–Crippen LogP) is 2.23. The van der Waals surface area contributed by atoms with Gasteiger partial charge in [0.1, 0.15) is 6.10 Å². The van der Waals surface area contributed by atoms with E-state index in [9.17, 15) is 0 Å². The summed E-state index contributed by atoms with van der Waals surface area (Å²) in [6, 6.07) is 1.97. The highest BCUT2D eigenvalue weighted by atomic mass is 16.7. The van der Waals surface area contributed by atoms with Crippen molar-refractivity contribution in [2.75, 3.05) is 0 Å². The topological polar surface area (TPSA) is 40.6 Å². The Morgan fingerprint density at radius 3 is 2.30 bits per heavy atom. The number of nitrogens with zero attached hydrogens (tertiary/aromatic N) is 1. The molecule has 2 heterocycles. The fraction of sp³-hybridized carbons (Fsp3) is 0.667. The lowest BCUT2D eigenvalue weighted by Crippen LogP contribution is -2.41. The minimum absolute atomic E-state index is 0.326. The molecule has 1 aromatic rings. The number of pyridine rings is 1. The molecule has 0 radical (unpaired) electrons. The second-order valence-corrected chi connectivity index (χ2v) is 6.78. The summed E-state index contributed by atoms with van der Waals surface area (Å²) >= 11 is 0. The van der Waals surface area contributed by atoms with Crippen LogP contribution >= 0.6 is 0 Å². The van der Waals surface area contributed by atoms with Gasteiger partial charge in [-0.05, 0) is 53.0 Å². The molecule has 1 saturated carbocycles. The predicted molar refractivity (Wildman–Crippen MR) is 78.3 cm³/mol. The molecule has 0 amide bonds. The Bertz CT molecular complexity index is 510. The second-order valence-electron chi connectivity index (χ2n) is 6.78. The molecule has 0 bridgehead atoms. The molecule has 1 aromatic heterocycles. The third kappa shape index (κ3) is 2.45. The van der Waals surface area contributed by atoms with Crippen molar-refractivity contribution in [3.63, 3.8) is 0 Å². The van der Waals surface area contributed by atoms with Crippen molar-refractivity contribution in [2.24, 2.45) is 0 Å². The number of hydrogen-bond donors (Lipinski definition) is 0. The lowest BCUT2D eigenvalue weighted by Gasteiger charge is -2.32. The second kappa shape index (κ2) is 4.47. The van der Waals surface area contributed by atoms with E-state index in [-0.39, 0.29) is 18.3 Å². The van der Waals surface area contributed by atoms with Crippen LogP contribution in [0.3, 0.4) is 0 Å². The van der Waals surface area contributed by atoms with E-state index in [1.54, 1.807) is 0 Å². The minimum atomic E-state index is -0.359. The monoisotopic (exact) mass is 275 g/mol. The van der Waals surface area contributed by atoms with Crippen molar-refractivity contribution in [3.05, 3.63) is 17.8 Å². The lowest BCUT2D eigenvalue weighted by atomic mass is 9.77. The zero-order valence-electron chi connectivity index (χ0n) is 12.9. The Hall–Kier alpha value is -1.07. The van der Waals surface area contributed by atoms with Crippen molar-refractivity contribution in [1.82, 2.24) is 4.98 Å². The molecule has 20 heavy (non-hydrogen) atoms. The van der Waals surface area contributed by atoms with E-state index in [0.29, 0.717) is 12.0 Å². The molecular weight excluding hydrogens is 253 g/mol. The first kappa shape index (κ1) is 13.9. The fourth-order valence-corrected chi connectivity index (χ4v) is 2.18. The molecule has 0 aromatic carbocycles. The number of hydrogen-bond acceptors (Lipinski definition) is 4. The van der Waals surface area contributed by atoms with Crippen LogP contribution < -0.4 is 10.2 Å². The van der Waals surface area contributed by atoms with Crippen LogP contribution in [-0.4, -0.2) is 29.4 Å². The average molecular weight is 275 g/mol. The van der Waals surface area contributed by atoms with E-state index in [1.807, 2.05) is 19.2 Å². The van der Waals surface area contributed by atoms with Gasteiger partial charge in [-0.3, -0.25) is 0 Å². The number of ether oxygens (including phenoxy) is 1. The smallest absolute Gasteiger partial charge is 0.474 e. The van der Waals surface area contributed by atoms with E-state index in [2.05, 4.69) is 32.7 Å². The first-order valence-corrected chi connectivity index (χ1v) is 7.27. The van der Waals surface area contributed by atoms with Crippen LogP contribution in [0.5, 0.6) is 5.88 Å². The van der Waals surface area contributed by atoms with Gasteiger partial charge in [-0.1, -0.05) is 0 Å². The van der Waals surface area contributed by atoms with Gasteiger partial charge in [-0.15, -0.1) is 0 Å². The fourth-order valence-electron chi connectivity index (χ4n) is 2.18. The molecule has 2 fully saturated rings. The Morgan fingerprint density at radius 2 is 1.80 bits per heavy atom. The maximum Gasteiger partial charge on any atom is 0.496 e. The number of aromatic nitrogens is 1. The molecule has 0 N–H and O–H groups in total. The first-order chi connectivity index (χ1) is 9.28. The molecular formula is C15H22BNO3. The Morgan fingerprint density at radius 1 is 1.20 bits per heavy atom. The van der Waals surface area contributed by atoms with Gasteiger partial charge >= 0.3 is 7.12 Å². The summed E-state index contributed by atoms with van der Waals surface area (Å²) in [6.45, 7) is 10.3. The van der Waals surface area contributed by atoms with Gasteiger partial charge in [0.2, 0.25) is 5.88 Å². The van der Waals surface area contributed by atoms with Crippen LogP contribution in [0.1, 0.15) is 46.1 Å². The maximum absolute atomic E-state index is 6.06. The standard InChI is InChI=1S/C15H22BNO3/c1-10-8-13(18-11-6-7-11)17-9-12(10)16-19-14(2,3)15(4,5)20-16/h8-9,11H,6-7H2,1-5H3. The molecule has 5 heteroatoms. The van der Waals surface area contributed by atoms with Crippen LogP contribution in [0.15, 0.2) is 12.3 Å². The molecule has 1 saturated heterocycles. The third-order valence-electron chi connectivity index (χ3n) is 4.45. The highest BCUT2D eigenvalue weighted by Gasteiger charge is 2.52. The van der Waals surface area contributed by atoms with E-state index in [0.717, 1.165) is 23.9 Å². The summed E-state index contributed by atoms with van der Waals surface area (Å²) in [7, 11) is -0.359. The van der Waals surface area contributed by atoms with Crippen molar-refractivity contribution < 1.29 is 14.0 Å². The third-order valence-corrected chi connectivity index (χ3v) is 4.45. The summed E-state index contributed by atoms with van der Waals surface area (Å²) in [5.41, 5.74) is 1.42. The quantitative estimate of drug-likeness (QED) is 0.793. The van der Waals surface area contributed by atoms with Gasteiger partial charge in [-0.25, -0.2) is 4.98 Å². The Labute approximate surface area is 121 Å². The van der Waals surface area contributed by atoms with Crippen molar-refractivity contribution in [3.8, 4) is 5.88 Å². The summed E-state index contributed by atoms with van der Waals surface area (Å²) < 4.78 is 17.8. The largest absolute Gasteiger partial charge is 0.496 e. The van der Waals surface area contributed by atoms with Crippen LogP contribution in [0.4, 0.5) is 0 Å².